The summed E-state index contributed by atoms with van der Waals surface area (Å²) in [5.74, 6) is 3.20. The van der Waals surface area contributed by atoms with E-state index >= 15 is 0 Å². The Labute approximate surface area is 349 Å². The van der Waals surface area contributed by atoms with Gasteiger partial charge in [0.15, 0.2) is 0 Å². The van der Waals surface area contributed by atoms with Gasteiger partial charge >= 0.3 is 0 Å². The first kappa shape index (κ1) is 47.2. The van der Waals surface area contributed by atoms with E-state index in [2.05, 4.69) is 146 Å². The molecule has 58 heavy (non-hydrogen) atoms. The molecule has 2 aliphatic rings. The summed E-state index contributed by atoms with van der Waals surface area (Å²) in [6.45, 7) is 21.8. The first-order valence-electron chi connectivity index (χ1n) is 21.2. The van der Waals surface area contributed by atoms with Gasteiger partial charge in [0.05, 0.1) is 47.7 Å². The molecular formula is C50H70N6O2. The summed E-state index contributed by atoms with van der Waals surface area (Å²) in [7, 11) is 0. The van der Waals surface area contributed by atoms with Crippen molar-refractivity contribution in [1.82, 2.24) is 30.6 Å². The lowest BCUT2D eigenvalue weighted by Gasteiger charge is -2.29. The monoisotopic (exact) mass is 787 g/mol. The summed E-state index contributed by atoms with van der Waals surface area (Å²) in [4.78, 5) is 41.8. The Morgan fingerprint density at radius 2 is 0.897 bits per heavy atom. The Morgan fingerprint density at radius 3 is 1.19 bits per heavy atom. The number of imidazole rings is 2. The maximum atomic E-state index is 13.0. The molecule has 0 bridgehead atoms. The number of allylic oxidation sites excluding steroid dienone is 2. The largest absolute Gasteiger partial charge is 0.348 e. The van der Waals surface area contributed by atoms with Crippen LogP contribution in [0, 0.1) is 35.5 Å². The van der Waals surface area contributed by atoms with Gasteiger partial charge < -0.3 is 20.6 Å². The number of terminal acetylenes is 1. The SMILES string of the molecule is C#C.CC(C)(C(=O)NCc1ncc(-c2ccc(-c3ccc(-c4cnc(CNC(=O)C(C)(C)C5=CCCCC5)[nH]4)cc3)cc2)[nH]1)C1=CCCCC1.CC(C)C.CC(C)C. The van der Waals surface area contributed by atoms with E-state index in [1.165, 1.54) is 24.0 Å². The van der Waals surface area contributed by atoms with Crippen molar-refractivity contribution in [3.63, 3.8) is 0 Å². The molecule has 0 saturated heterocycles. The molecule has 4 N–H and O–H groups in total. The van der Waals surface area contributed by atoms with Crippen LogP contribution in [0.3, 0.4) is 0 Å². The topological polar surface area (TPSA) is 116 Å². The highest BCUT2D eigenvalue weighted by atomic mass is 16.2. The maximum absolute atomic E-state index is 13.0. The van der Waals surface area contributed by atoms with Gasteiger partial charge in [0, 0.05) is 0 Å². The second-order valence-corrected chi connectivity index (χ2v) is 17.7. The zero-order valence-electron chi connectivity index (χ0n) is 37.0. The number of rotatable bonds is 11. The minimum atomic E-state index is -0.506. The number of nitrogens with one attached hydrogen (secondary N) is 4. The van der Waals surface area contributed by atoms with Crippen molar-refractivity contribution in [1.29, 1.82) is 0 Å². The second kappa shape index (κ2) is 22.7. The van der Waals surface area contributed by atoms with Crippen LogP contribution in [0.5, 0.6) is 0 Å². The zero-order chi connectivity index (χ0) is 42.9. The third kappa shape index (κ3) is 14.0. The lowest BCUT2D eigenvalue weighted by molar-refractivity contribution is -0.128. The fourth-order valence-electron chi connectivity index (χ4n) is 6.76. The van der Waals surface area contributed by atoms with Gasteiger partial charge in [-0.3, -0.25) is 9.59 Å². The quantitative estimate of drug-likeness (QED) is 0.0895. The average Bonchev–Trinajstić information content (AvgIpc) is 3.91. The summed E-state index contributed by atoms with van der Waals surface area (Å²) in [5, 5.41) is 6.16. The van der Waals surface area contributed by atoms with Gasteiger partial charge in [0.2, 0.25) is 11.8 Å². The Hall–Kier alpha value is -5.16. The van der Waals surface area contributed by atoms with Crippen LogP contribution in [-0.4, -0.2) is 31.8 Å². The molecule has 2 amide bonds. The van der Waals surface area contributed by atoms with Crippen molar-refractivity contribution in [3.05, 3.63) is 95.9 Å². The summed E-state index contributed by atoms with van der Waals surface area (Å²) in [6, 6.07) is 16.8. The molecule has 0 aliphatic heterocycles. The molecule has 2 aromatic carbocycles. The summed E-state index contributed by atoms with van der Waals surface area (Å²) >= 11 is 0. The molecule has 0 unspecified atom stereocenters. The number of carbonyl (C=O) groups excluding carboxylic acids is 2. The van der Waals surface area contributed by atoms with Crippen LogP contribution in [0.1, 0.15) is 132 Å². The van der Waals surface area contributed by atoms with Gasteiger partial charge in [-0.1, -0.05) is 113 Å². The molecule has 0 radical (unpaired) electrons. The van der Waals surface area contributed by atoms with E-state index < -0.39 is 10.8 Å². The van der Waals surface area contributed by atoms with Gasteiger partial charge in [-0.05, 0) is 113 Å². The van der Waals surface area contributed by atoms with E-state index in [1.54, 1.807) is 0 Å². The number of benzene rings is 2. The van der Waals surface area contributed by atoms with Crippen molar-refractivity contribution in [2.24, 2.45) is 22.7 Å². The molecule has 8 heteroatoms. The van der Waals surface area contributed by atoms with Crippen molar-refractivity contribution in [2.45, 2.75) is 134 Å². The first-order valence-corrected chi connectivity index (χ1v) is 21.2. The smallest absolute Gasteiger partial charge is 0.230 e. The Kier molecular flexibility index (Phi) is 18.5. The highest BCUT2D eigenvalue weighted by Gasteiger charge is 2.33. The molecule has 312 valence electrons. The molecular weight excluding hydrogens is 717 g/mol. The molecule has 8 nitrogen and oxygen atoms in total. The minimum Gasteiger partial charge on any atom is -0.348 e. The van der Waals surface area contributed by atoms with Crippen LogP contribution >= 0.6 is 0 Å². The fraction of sp³-hybridized carbons (Fsp3) is 0.480. The molecule has 6 rings (SSSR count). The third-order valence-electron chi connectivity index (χ3n) is 10.1. The summed E-state index contributed by atoms with van der Waals surface area (Å²) in [5.41, 5.74) is 7.57. The van der Waals surface area contributed by atoms with Gasteiger partial charge in [0.1, 0.15) is 11.6 Å². The number of nitrogens with zero attached hydrogens (tertiary/aromatic N) is 2. The van der Waals surface area contributed by atoms with E-state index in [-0.39, 0.29) is 11.8 Å². The summed E-state index contributed by atoms with van der Waals surface area (Å²) in [6.07, 6.45) is 24.9. The molecule has 4 aromatic rings. The van der Waals surface area contributed by atoms with E-state index in [0.29, 0.717) is 13.1 Å². The van der Waals surface area contributed by atoms with Crippen LogP contribution < -0.4 is 10.6 Å². The number of carbonyl (C=O) groups is 2. The average molecular weight is 787 g/mol. The minimum absolute atomic E-state index is 0.0350. The van der Waals surface area contributed by atoms with Crippen molar-refractivity contribution < 1.29 is 9.59 Å². The first-order chi connectivity index (χ1) is 27.6. The van der Waals surface area contributed by atoms with Crippen molar-refractivity contribution >= 4 is 11.8 Å². The zero-order valence-corrected chi connectivity index (χ0v) is 37.0. The number of aromatic nitrogens is 4. The number of hydrogen-bond acceptors (Lipinski definition) is 4. The van der Waals surface area contributed by atoms with E-state index in [1.807, 2.05) is 40.1 Å². The number of H-pyrrole nitrogens is 2. The Bertz CT molecular complexity index is 1810. The molecule has 0 spiro atoms. The number of aromatic amines is 2. The van der Waals surface area contributed by atoms with E-state index in [9.17, 15) is 9.59 Å². The van der Waals surface area contributed by atoms with Crippen LogP contribution in [0.4, 0.5) is 0 Å². The van der Waals surface area contributed by atoms with Crippen molar-refractivity contribution in [2.75, 3.05) is 0 Å². The molecule has 2 aliphatic carbocycles. The van der Waals surface area contributed by atoms with Crippen LogP contribution in [-0.2, 0) is 22.7 Å². The van der Waals surface area contributed by atoms with Crippen LogP contribution in [0.2, 0.25) is 0 Å². The van der Waals surface area contributed by atoms with Gasteiger partial charge in [-0.15, -0.1) is 12.8 Å². The maximum Gasteiger partial charge on any atom is 0.230 e. The second-order valence-electron chi connectivity index (χ2n) is 17.7. The normalized spacial score (nSPS) is 14.0. The van der Waals surface area contributed by atoms with Crippen LogP contribution in [0.15, 0.2) is 84.2 Å². The predicted octanol–water partition coefficient (Wildman–Crippen LogP) is 12.0. The Balaban J connectivity index is 0.000000814. The standard InChI is InChI=1S/C40H48N6O2.2C4H10.C2H2/c1-39(2,31-11-7-5-8-12-31)37(47)43-25-35-41-23-33(45-35)29-19-15-27(16-20-29)28-17-21-30(22-18-28)34-24-42-36(46-34)26-44-38(48)40(3,4)32-13-9-6-10-14-32;2*1-4(2)3;1-2/h11,13,15-24H,5-10,12,14,25-26H2,1-4H3,(H,41,45)(H,42,46)(H,43,47)(H,44,48);2*4H,1-3H3;1-2H. The van der Waals surface area contributed by atoms with Gasteiger partial charge in [-0.2, -0.15) is 0 Å². The van der Waals surface area contributed by atoms with Gasteiger partial charge in [-0.25, -0.2) is 9.97 Å². The van der Waals surface area contributed by atoms with Crippen molar-refractivity contribution in [3.8, 4) is 46.5 Å². The lowest BCUT2D eigenvalue weighted by atomic mass is 9.78. The molecule has 0 saturated carbocycles. The molecule has 2 heterocycles. The third-order valence-corrected chi connectivity index (χ3v) is 10.1. The highest BCUT2D eigenvalue weighted by molar-refractivity contribution is 5.85. The highest BCUT2D eigenvalue weighted by Crippen LogP contribution is 2.35. The van der Waals surface area contributed by atoms with Crippen LogP contribution in [0.25, 0.3) is 33.6 Å². The van der Waals surface area contributed by atoms with Gasteiger partial charge in [0.25, 0.3) is 0 Å². The number of hydrogen-bond donors (Lipinski definition) is 4. The molecule has 2 aromatic heterocycles. The summed E-state index contributed by atoms with van der Waals surface area (Å²) < 4.78 is 0. The Morgan fingerprint density at radius 1 is 0.586 bits per heavy atom. The van der Waals surface area contributed by atoms with E-state index in [0.717, 1.165) is 95.7 Å². The lowest BCUT2D eigenvalue weighted by Crippen LogP contribution is -2.38. The molecule has 0 fully saturated rings. The molecule has 0 atom stereocenters. The van der Waals surface area contributed by atoms with E-state index in [4.69, 9.17) is 0 Å². The predicted molar refractivity (Wildman–Crippen MR) is 242 cm³/mol. The number of amides is 2. The fourth-order valence-corrected chi connectivity index (χ4v) is 6.76.